The van der Waals surface area contributed by atoms with Crippen molar-refractivity contribution in [3.63, 3.8) is 0 Å². The van der Waals surface area contributed by atoms with Gasteiger partial charge in [-0.05, 0) is 48.6 Å². The summed E-state index contributed by atoms with van der Waals surface area (Å²) >= 11 is 6.14. The highest BCUT2D eigenvalue weighted by Crippen LogP contribution is 2.31. The van der Waals surface area contributed by atoms with Gasteiger partial charge in [0.2, 0.25) is 15.9 Å². The van der Waals surface area contributed by atoms with Crippen LogP contribution in [0.4, 0.5) is 11.4 Å². The molecule has 6 nitrogen and oxygen atoms in total. The lowest BCUT2D eigenvalue weighted by molar-refractivity contribution is -0.116. The van der Waals surface area contributed by atoms with Crippen molar-refractivity contribution in [1.82, 2.24) is 0 Å². The van der Waals surface area contributed by atoms with Crippen molar-refractivity contribution >= 4 is 38.9 Å². The van der Waals surface area contributed by atoms with Crippen LogP contribution in [0.2, 0.25) is 5.02 Å². The van der Waals surface area contributed by atoms with Gasteiger partial charge in [0.1, 0.15) is 5.75 Å². The highest BCUT2D eigenvalue weighted by Gasteiger charge is 2.19. The minimum Gasteiger partial charge on any atom is -0.495 e. The normalized spacial score (nSPS) is 11.4. The molecule has 0 fully saturated rings. The monoisotopic (exact) mass is 452 g/mol. The Balaban J connectivity index is 2.08. The van der Waals surface area contributed by atoms with Crippen molar-refractivity contribution in [2.24, 2.45) is 0 Å². The Hall–Kier alpha value is -2.25. The molecule has 30 heavy (non-hydrogen) atoms. The molecule has 0 aromatic heterocycles. The summed E-state index contributed by atoms with van der Waals surface area (Å²) in [4.78, 5) is 12.5. The molecule has 164 valence electrons. The molecule has 0 aliphatic rings. The Bertz CT molecular complexity index is 1010. The lowest BCUT2D eigenvalue weighted by Gasteiger charge is -2.23. The number of carbonyl (C=O) groups excluding carboxylic acids is 1. The second-order valence-electron chi connectivity index (χ2n) is 7.50. The predicted molar refractivity (Wildman–Crippen MR) is 123 cm³/mol. The van der Waals surface area contributed by atoms with E-state index in [9.17, 15) is 13.2 Å². The second-order valence-corrected chi connectivity index (χ2v) is 9.81. The van der Waals surface area contributed by atoms with Crippen molar-refractivity contribution in [2.75, 3.05) is 29.5 Å². The number of carbonyl (C=O) groups is 1. The predicted octanol–water partition coefficient (Wildman–Crippen LogP) is 4.97. The highest BCUT2D eigenvalue weighted by atomic mass is 35.5. The molecule has 0 atom stereocenters. The maximum atomic E-state index is 12.5. The number of benzene rings is 2. The fraction of sp³-hybridized carbons (Fsp3) is 0.409. The van der Waals surface area contributed by atoms with E-state index in [0.29, 0.717) is 22.9 Å². The molecule has 8 heteroatoms. The van der Waals surface area contributed by atoms with Gasteiger partial charge in [0.25, 0.3) is 0 Å². The minimum absolute atomic E-state index is 0.146. The van der Waals surface area contributed by atoms with Crippen LogP contribution in [-0.2, 0) is 14.8 Å². The van der Waals surface area contributed by atoms with Crippen molar-refractivity contribution in [1.29, 1.82) is 0 Å². The van der Waals surface area contributed by atoms with E-state index in [0.717, 1.165) is 23.1 Å². The number of rotatable bonds is 9. The topological polar surface area (TPSA) is 75.7 Å². The SMILES string of the molecule is COc1ccc(N(CCCC(=O)Nc2c(C)cccc2C(C)C)S(C)(=O)=O)cc1Cl. The zero-order chi connectivity index (χ0) is 22.5. The van der Waals surface area contributed by atoms with Crippen molar-refractivity contribution < 1.29 is 17.9 Å². The first-order valence-electron chi connectivity index (χ1n) is 9.75. The van der Waals surface area contributed by atoms with Gasteiger partial charge in [-0.25, -0.2) is 8.42 Å². The van der Waals surface area contributed by atoms with Crippen LogP contribution in [0.5, 0.6) is 5.75 Å². The summed E-state index contributed by atoms with van der Waals surface area (Å²) in [5.74, 6) is 0.598. The number of hydrogen-bond acceptors (Lipinski definition) is 4. The van der Waals surface area contributed by atoms with Gasteiger partial charge in [-0.2, -0.15) is 0 Å². The third-order valence-electron chi connectivity index (χ3n) is 4.78. The first-order valence-corrected chi connectivity index (χ1v) is 12.0. The Kier molecular flexibility index (Phi) is 8.15. The summed E-state index contributed by atoms with van der Waals surface area (Å²) in [7, 11) is -2.04. The number of methoxy groups -OCH3 is 1. The molecule has 1 N–H and O–H groups in total. The molecule has 2 rings (SSSR count). The van der Waals surface area contributed by atoms with Crippen LogP contribution < -0.4 is 14.4 Å². The van der Waals surface area contributed by atoms with E-state index in [-0.39, 0.29) is 24.8 Å². The fourth-order valence-electron chi connectivity index (χ4n) is 3.22. The number of para-hydroxylation sites is 1. The maximum absolute atomic E-state index is 12.5. The number of hydrogen-bond donors (Lipinski definition) is 1. The van der Waals surface area contributed by atoms with Gasteiger partial charge < -0.3 is 10.1 Å². The van der Waals surface area contributed by atoms with Crippen molar-refractivity contribution in [3.05, 3.63) is 52.5 Å². The minimum atomic E-state index is -3.53. The molecular formula is C22H29ClN2O4S. The summed E-state index contributed by atoms with van der Waals surface area (Å²) in [6, 6.07) is 10.7. The lowest BCUT2D eigenvalue weighted by atomic mass is 9.98. The molecule has 0 heterocycles. The standard InChI is InChI=1S/C22H29ClN2O4S/c1-15(2)18-9-6-8-16(3)22(18)24-21(26)10-7-13-25(30(5,27)28)17-11-12-20(29-4)19(23)14-17/h6,8-9,11-12,14-15H,7,10,13H2,1-5H3,(H,24,26). The van der Waals surface area contributed by atoms with E-state index in [2.05, 4.69) is 19.2 Å². The Morgan fingerprint density at radius 2 is 1.93 bits per heavy atom. The van der Waals surface area contributed by atoms with Crippen LogP contribution in [0.15, 0.2) is 36.4 Å². The number of anilines is 2. The van der Waals surface area contributed by atoms with Crippen molar-refractivity contribution in [2.45, 2.75) is 39.5 Å². The van der Waals surface area contributed by atoms with Gasteiger partial charge in [-0.3, -0.25) is 9.10 Å². The van der Waals surface area contributed by atoms with Gasteiger partial charge in [0.15, 0.2) is 0 Å². The zero-order valence-corrected chi connectivity index (χ0v) is 19.6. The Morgan fingerprint density at radius 1 is 1.23 bits per heavy atom. The highest BCUT2D eigenvalue weighted by molar-refractivity contribution is 7.92. The molecule has 2 aromatic rings. The molecule has 0 unspecified atom stereocenters. The van der Waals surface area contributed by atoms with E-state index in [1.165, 1.54) is 11.4 Å². The lowest BCUT2D eigenvalue weighted by Crippen LogP contribution is -2.31. The first kappa shape index (κ1) is 24.0. The number of amides is 1. The zero-order valence-electron chi connectivity index (χ0n) is 18.0. The smallest absolute Gasteiger partial charge is 0.232 e. The molecule has 2 aromatic carbocycles. The van der Waals surface area contributed by atoms with Crippen LogP contribution in [0, 0.1) is 6.92 Å². The van der Waals surface area contributed by atoms with Crippen LogP contribution in [0.3, 0.4) is 0 Å². The van der Waals surface area contributed by atoms with Gasteiger partial charge >= 0.3 is 0 Å². The van der Waals surface area contributed by atoms with E-state index in [1.54, 1.807) is 18.2 Å². The molecular weight excluding hydrogens is 424 g/mol. The average Bonchev–Trinajstić information content (AvgIpc) is 2.65. The second kappa shape index (κ2) is 10.2. The molecule has 0 saturated heterocycles. The fourth-order valence-corrected chi connectivity index (χ4v) is 4.43. The van der Waals surface area contributed by atoms with Crippen LogP contribution in [0.25, 0.3) is 0 Å². The molecule has 0 spiro atoms. The Labute approximate surface area is 184 Å². The largest absolute Gasteiger partial charge is 0.495 e. The summed E-state index contributed by atoms with van der Waals surface area (Å²) in [6.07, 6.45) is 1.70. The summed E-state index contributed by atoms with van der Waals surface area (Å²) in [5, 5.41) is 3.31. The number of halogens is 1. The van der Waals surface area contributed by atoms with E-state index < -0.39 is 10.0 Å². The summed E-state index contributed by atoms with van der Waals surface area (Å²) in [5.41, 5.74) is 3.35. The molecule has 0 aliphatic heterocycles. The number of nitrogens with zero attached hydrogens (tertiary/aromatic N) is 1. The summed E-state index contributed by atoms with van der Waals surface area (Å²) in [6.45, 7) is 6.28. The van der Waals surface area contributed by atoms with Crippen LogP contribution >= 0.6 is 11.6 Å². The van der Waals surface area contributed by atoms with E-state index in [1.807, 2.05) is 25.1 Å². The molecule has 0 saturated carbocycles. The van der Waals surface area contributed by atoms with Gasteiger partial charge in [0.05, 0.1) is 24.1 Å². The van der Waals surface area contributed by atoms with Crippen LogP contribution in [0.1, 0.15) is 43.7 Å². The Morgan fingerprint density at radius 3 is 2.50 bits per heavy atom. The molecule has 0 bridgehead atoms. The van der Waals surface area contributed by atoms with E-state index >= 15 is 0 Å². The molecule has 0 radical (unpaired) electrons. The number of nitrogens with one attached hydrogen (secondary N) is 1. The molecule has 1 amide bonds. The van der Waals surface area contributed by atoms with E-state index in [4.69, 9.17) is 16.3 Å². The van der Waals surface area contributed by atoms with Gasteiger partial charge in [-0.1, -0.05) is 43.6 Å². The van der Waals surface area contributed by atoms with Gasteiger partial charge in [-0.15, -0.1) is 0 Å². The number of sulfonamides is 1. The third-order valence-corrected chi connectivity index (χ3v) is 6.27. The summed E-state index contributed by atoms with van der Waals surface area (Å²) < 4.78 is 30.9. The maximum Gasteiger partial charge on any atom is 0.232 e. The van der Waals surface area contributed by atoms with Crippen LogP contribution in [-0.4, -0.2) is 34.2 Å². The van der Waals surface area contributed by atoms with Crippen molar-refractivity contribution in [3.8, 4) is 5.75 Å². The van der Waals surface area contributed by atoms with Gasteiger partial charge in [0, 0.05) is 18.7 Å². The first-order chi connectivity index (χ1) is 14.0. The number of ether oxygens (including phenoxy) is 1. The average molecular weight is 453 g/mol. The third kappa shape index (κ3) is 6.12. The number of aryl methyl sites for hydroxylation is 1. The quantitative estimate of drug-likeness (QED) is 0.583. The molecule has 0 aliphatic carbocycles.